The lowest BCUT2D eigenvalue weighted by atomic mass is 10.0. The van der Waals surface area contributed by atoms with E-state index in [1.807, 2.05) is 31.2 Å². The van der Waals surface area contributed by atoms with Crippen molar-refractivity contribution in [3.8, 4) is 0 Å². The van der Waals surface area contributed by atoms with Crippen molar-refractivity contribution in [3.63, 3.8) is 0 Å². The van der Waals surface area contributed by atoms with Crippen LogP contribution in [0.15, 0.2) is 24.3 Å². The van der Waals surface area contributed by atoms with Gasteiger partial charge in [0.15, 0.2) is 7.98 Å². The zero-order valence-corrected chi connectivity index (χ0v) is 7.66. The van der Waals surface area contributed by atoms with Gasteiger partial charge < -0.3 is 10.0 Å². The number of aldehydes is 1. The van der Waals surface area contributed by atoms with E-state index in [-0.39, 0.29) is 6.04 Å². The molecule has 0 spiro atoms. The van der Waals surface area contributed by atoms with Crippen molar-refractivity contribution in [2.45, 2.75) is 19.4 Å². The third kappa shape index (κ3) is 2.70. The van der Waals surface area contributed by atoms with Gasteiger partial charge in [-0.2, -0.15) is 0 Å². The fourth-order valence-electron chi connectivity index (χ4n) is 1.22. The Bertz CT molecular complexity index is 288. The second kappa shape index (κ2) is 4.82. The smallest absolute Gasteiger partial charge is 0.178 e. The maximum Gasteiger partial charge on any atom is 0.178 e. The molecule has 1 unspecified atom stereocenters. The van der Waals surface area contributed by atoms with Gasteiger partial charge in [0.25, 0.3) is 0 Å². The number of carbonyl (C=O) groups is 1. The molecule has 0 aliphatic heterocycles. The minimum atomic E-state index is -0.291. The topological polar surface area (TPSA) is 29.1 Å². The quantitative estimate of drug-likeness (QED) is 0.538. The van der Waals surface area contributed by atoms with Gasteiger partial charge in [-0.05, 0) is 24.5 Å². The van der Waals surface area contributed by atoms with Crippen molar-refractivity contribution >= 4 is 14.3 Å². The zero-order chi connectivity index (χ0) is 9.68. The molecule has 1 rings (SSSR count). The van der Waals surface area contributed by atoms with Crippen LogP contribution in [0.2, 0.25) is 0 Å². The van der Waals surface area contributed by atoms with Gasteiger partial charge in [0.2, 0.25) is 0 Å². The highest BCUT2D eigenvalue weighted by atomic mass is 16.1. The van der Waals surface area contributed by atoms with E-state index in [1.165, 1.54) is 5.56 Å². The summed E-state index contributed by atoms with van der Waals surface area (Å²) in [6, 6.07) is 7.67. The molecule has 2 nitrogen and oxygen atoms in total. The summed E-state index contributed by atoms with van der Waals surface area (Å²) in [6.45, 7) is 2.02. The van der Waals surface area contributed by atoms with Crippen LogP contribution in [0, 0.1) is 6.92 Å². The lowest BCUT2D eigenvalue weighted by molar-refractivity contribution is -0.109. The van der Waals surface area contributed by atoms with E-state index >= 15 is 0 Å². The van der Waals surface area contributed by atoms with Crippen LogP contribution < -0.4 is 5.23 Å². The van der Waals surface area contributed by atoms with E-state index in [0.29, 0.717) is 6.42 Å². The third-order valence-electron chi connectivity index (χ3n) is 2.08. The molecule has 2 radical (unpaired) electrons. The van der Waals surface area contributed by atoms with Crippen LogP contribution in [0.5, 0.6) is 0 Å². The molecule has 1 aromatic rings. The van der Waals surface area contributed by atoms with E-state index in [4.69, 9.17) is 7.98 Å². The van der Waals surface area contributed by atoms with Crippen molar-refractivity contribution in [2.24, 2.45) is 0 Å². The van der Waals surface area contributed by atoms with Gasteiger partial charge in [0.1, 0.15) is 6.29 Å². The van der Waals surface area contributed by atoms with Crippen molar-refractivity contribution in [3.05, 3.63) is 35.4 Å². The summed E-state index contributed by atoms with van der Waals surface area (Å²) >= 11 is 0. The molecule has 0 heterocycles. The first kappa shape index (κ1) is 10.00. The monoisotopic (exact) mass is 173 g/mol. The third-order valence-corrected chi connectivity index (χ3v) is 2.08. The standard InChI is InChI=1S/C10H12BNO/c1-8-4-2-3-5-9(8)6-10(7-13)12-11/h2-5,7,10,12H,6H2,1H3. The summed E-state index contributed by atoms with van der Waals surface area (Å²) < 4.78 is 0. The number of hydrogen-bond acceptors (Lipinski definition) is 2. The molecule has 13 heavy (non-hydrogen) atoms. The van der Waals surface area contributed by atoms with Crippen LogP contribution in [0.1, 0.15) is 11.1 Å². The van der Waals surface area contributed by atoms with Crippen LogP contribution in [0.4, 0.5) is 0 Å². The van der Waals surface area contributed by atoms with E-state index in [9.17, 15) is 4.79 Å². The van der Waals surface area contributed by atoms with Crippen molar-refractivity contribution < 1.29 is 4.79 Å². The first-order valence-corrected chi connectivity index (χ1v) is 4.24. The number of hydrogen-bond donors (Lipinski definition) is 1. The zero-order valence-electron chi connectivity index (χ0n) is 7.66. The van der Waals surface area contributed by atoms with E-state index in [2.05, 4.69) is 5.23 Å². The predicted molar refractivity (Wildman–Crippen MR) is 53.6 cm³/mol. The summed E-state index contributed by atoms with van der Waals surface area (Å²) in [5, 5.41) is 2.46. The molecule has 0 bridgehead atoms. The summed E-state index contributed by atoms with van der Waals surface area (Å²) in [5.41, 5.74) is 2.34. The fourth-order valence-corrected chi connectivity index (χ4v) is 1.22. The van der Waals surface area contributed by atoms with Crippen molar-refractivity contribution in [1.29, 1.82) is 0 Å². The first-order valence-electron chi connectivity index (χ1n) is 4.24. The van der Waals surface area contributed by atoms with E-state index in [1.54, 1.807) is 0 Å². The van der Waals surface area contributed by atoms with Gasteiger partial charge >= 0.3 is 0 Å². The molecule has 0 fully saturated rings. The lowest BCUT2D eigenvalue weighted by Crippen LogP contribution is -2.30. The van der Waals surface area contributed by atoms with Crippen LogP contribution >= 0.6 is 0 Å². The Morgan fingerprint density at radius 2 is 2.23 bits per heavy atom. The highest BCUT2D eigenvalue weighted by molar-refractivity contribution is 6.05. The molecule has 1 atom stereocenters. The highest BCUT2D eigenvalue weighted by Gasteiger charge is 2.05. The summed E-state index contributed by atoms with van der Waals surface area (Å²) in [5.74, 6) is 0. The average molecular weight is 173 g/mol. The molecular weight excluding hydrogens is 161 g/mol. The number of rotatable bonds is 4. The van der Waals surface area contributed by atoms with Crippen LogP contribution in [0.25, 0.3) is 0 Å². The Kier molecular flexibility index (Phi) is 3.71. The van der Waals surface area contributed by atoms with Crippen LogP contribution in [-0.4, -0.2) is 20.3 Å². The minimum absolute atomic E-state index is 0.291. The Morgan fingerprint density at radius 1 is 1.54 bits per heavy atom. The minimum Gasteiger partial charge on any atom is -0.358 e. The molecular formula is C10H12BNO. The summed E-state index contributed by atoms with van der Waals surface area (Å²) in [7, 11) is 5.20. The molecule has 0 aliphatic rings. The Labute approximate surface area is 79.8 Å². The Morgan fingerprint density at radius 3 is 2.77 bits per heavy atom. The summed E-state index contributed by atoms with van der Waals surface area (Å²) in [6.07, 6.45) is 1.47. The van der Waals surface area contributed by atoms with E-state index < -0.39 is 0 Å². The lowest BCUT2D eigenvalue weighted by Gasteiger charge is -2.10. The maximum atomic E-state index is 10.5. The number of nitrogens with one attached hydrogen (secondary N) is 1. The molecule has 1 N–H and O–H groups in total. The molecule has 3 heteroatoms. The van der Waals surface area contributed by atoms with Gasteiger partial charge in [0.05, 0.1) is 6.04 Å². The van der Waals surface area contributed by atoms with Gasteiger partial charge in [0, 0.05) is 0 Å². The number of carbonyl (C=O) groups excluding carboxylic acids is 1. The van der Waals surface area contributed by atoms with Gasteiger partial charge in [-0.3, -0.25) is 0 Å². The van der Waals surface area contributed by atoms with E-state index in [0.717, 1.165) is 11.8 Å². The van der Waals surface area contributed by atoms with Crippen LogP contribution in [-0.2, 0) is 11.2 Å². The molecule has 66 valence electrons. The molecule has 0 amide bonds. The second-order valence-corrected chi connectivity index (χ2v) is 3.04. The Balaban J connectivity index is 2.73. The SMILES string of the molecule is [B]NC(C=O)Cc1ccccc1C. The predicted octanol–water partition coefficient (Wildman–Crippen LogP) is 0.778. The highest BCUT2D eigenvalue weighted by Crippen LogP contribution is 2.08. The fraction of sp³-hybridized carbons (Fsp3) is 0.300. The average Bonchev–Trinajstić information content (AvgIpc) is 2.17. The second-order valence-electron chi connectivity index (χ2n) is 3.04. The normalized spacial score (nSPS) is 12.4. The molecule has 0 aliphatic carbocycles. The molecule has 0 saturated carbocycles. The Hall–Kier alpha value is -1.09. The maximum absolute atomic E-state index is 10.5. The van der Waals surface area contributed by atoms with Crippen LogP contribution in [0.3, 0.4) is 0 Å². The molecule has 1 aromatic carbocycles. The van der Waals surface area contributed by atoms with Crippen molar-refractivity contribution in [2.75, 3.05) is 0 Å². The first-order chi connectivity index (χ1) is 6.27. The number of aryl methyl sites for hydroxylation is 1. The van der Waals surface area contributed by atoms with Gasteiger partial charge in [-0.25, -0.2) is 0 Å². The molecule has 0 saturated heterocycles. The largest absolute Gasteiger partial charge is 0.358 e. The summed E-state index contributed by atoms with van der Waals surface area (Å²) in [4.78, 5) is 10.5. The number of benzene rings is 1. The van der Waals surface area contributed by atoms with Gasteiger partial charge in [-0.1, -0.05) is 24.3 Å². The van der Waals surface area contributed by atoms with Crippen molar-refractivity contribution in [1.82, 2.24) is 5.23 Å². The van der Waals surface area contributed by atoms with Gasteiger partial charge in [-0.15, -0.1) is 0 Å². The molecule has 0 aromatic heterocycles.